The number of hydrogen-bond acceptors (Lipinski definition) is 3. The van der Waals surface area contributed by atoms with Crippen LogP contribution in [-0.2, 0) is 0 Å². The molecule has 4 heteroatoms. The van der Waals surface area contributed by atoms with Crippen LogP contribution in [0.25, 0.3) is 0 Å². The Hall–Kier alpha value is -1.74. The number of aryl methyl sites for hydroxylation is 1. The molecule has 1 aromatic heterocycles. The number of benzene rings is 1. The van der Waals surface area contributed by atoms with Gasteiger partial charge in [0.25, 0.3) is 0 Å². The van der Waals surface area contributed by atoms with Gasteiger partial charge in [0, 0.05) is 25.3 Å². The fraction of sp³-hybridized carbons (Fsp3) is 0.353. The summed E-state index contributed by atoms with van der Waals surface area (Å²) in [4.78, 5) is 6.76. The predicted molar refractivity (Wildman–Crippen MR) is 89.3 cm³/mol. The molecule has 3 rings (SSSR count). The van der Waals surface area contributed by atoms with Gasteiger partial charge >= 0.3 is 0 Å². The largest absolute Gasteiger partial charge is 0.381 e. The Bertz CT molecular complexity index is 592. The Morgan fingerprint density at radius 3 is 2.67 bits per heavy atom. The molecular weight excluding hydrogens is 282 g/mol. The molecule has 0 unspecified atom stereocenters. The van der Waals surface area contributed by atoms with Crippen molar-refractivity contribution in [1.82, 2.24) is 4.98 Å². The third-order valence-electron chi connectivity index (χ3n) is 3.95. The molecule has 1 N–H and O–H groups in total. The maximum atomic E-state index is 6.29. The lowest BCUT2D eigenvalue weighted by Crippen LogP contribution is -2.39. The molecule has 2 aromatic rings. The van der Waals surface area contributed by atoms with E-state index in [2.05, 4.69) is 40.3 Å². The first-order valence-corrected chi connectivity index (χ1v) is 7.79. The van der Waals surface area contributed by atoms with Crippen molar-refractivity contribution in [2.45, 2.75) is 25.8 Å². The van der Waals surface area contributed by atoms with E-state index >= 15 is 0 Å². The summed E-state index contributed by atoms with van der Waals surface area (Å²) in [6.07, 6.45) is 4.05. The van der Waals surface area contributed by atoms with E-state index in [0.717, 1.165) is 42.5 Å². The summed E-state index contributed by atoms with van der Waals surface area (Å²) >= 11 is 6.29. The van der Waals surface area contributed by atoms with Crippen molar-refractivity contribution in [2.75, 3.05) is 23.3 Å². The van der Waals surface area contributed by atoms with Crippen molar-refractivity contribution in [3.05, 3.63) is 53.2 Å². The maximum absolute atomic E-state index is 6.29. The minimum atomic E-state index is 0.477. The summed E-state index contributed by atoms with van der Waals surface area (Å²) in [6.45, 7) is 4.11. The van der Waals surface area contributed by atoms with Gasteiger partial charge in [-0.1, -0.05) is 23.7 Å². The fourth-order valence-electron chi connectivity index (χ4n) is 2.75. The van der Waals surface area contributed by atoms with Crippen molar-refractivity contribution in [3.63, 3.8) is 0 Å². The van der Waals surface area contributed by atoms with Crippen LogP contribution in [0.1, 0.15) is 18.4 Å². The van der Waals surface area contributed by atoms with Crippen molar-refractivity contribution in [3.8, 4) is 0 Å². The van der Waals surface area contributed by atoms with Crippen LogP contribution in [0.5, 0.6) is 0 Å². The third-order valence-corrected chi connectivity index (χ3v) is 4.27. The number of nitrogens with zero attached hydrogens (tertiary/aromatic N) is 2. The van der Waals surface area contributed by atoms with Crippen LogP contribution < -0.4 is 10.2 Å². The Labute approximate surface area is 131 Å². The normalized spacial score (nSPS) is 16.0. The van der Waals surface area contributed by atoms with Crippen molar-refractivity contribution >= 4 is 23.1 Å². The molecule has 1 aromatic carbocycles. The maximum Gasteiger partial charge on any atom is 0.128 e. The van der Waals surface area contributed by atoms with Gasteiger partial charge in [-0.15, -0.1) is 0 Å². The molecule has 1 fully saturated rings. The molecule has 0 atom stereocenters. The van der Waals surface area contributed by atoms with Crippen molar-refractivity contribution in [2.24, 2.45) is 0 Å². The zero-order valence-electron chi connectivity index (χ0n) is 12.2. The summed E-state index contributed by atoms with van der Waals surface area (Å²) in [5, 5.41) is 4.38. The average Bonchev–Trinajstić information content (AvgIpc) is 2.52. The second kappa shape index (κ2) is 6.35. The number of piperidine rings is 1. The Balaban J connectivity index is 1.59. The lowest BCUT2D eigenvalue weighted by Gasteiger charge is -2.33. The number of nitrogens with one attached hydrogen (secondary N) is 1. The van der Waals surface area contributed by atoms with E-state index in [1.54, 1.807) is 0 Å². The lowest BCUT2D eigenvalue weighted by molar-refractivity contribution is 0.523. The predicted octanol–water partition coefficient (Wildman–Crippen LogP) is 4.12. The molecule has 110 valence electrons. The molecule has 2 heterocycles. The SMILES string of the molecule is Cc1ccc(NC2CCN(c3ccccn3)CC2)c(Cl)c1. The van der Waals surface area contributed by atoms with Crippen LogP contribution in [0.4, 0.5) is 11.5 Å². The van der Waals surface area contributed by atoms with Crippen LogP contribution in [0.2, 0.25) is 5.02 Å². The van der Waals surface area contributed by atoms with E-state index in [1.807, 2.05) is 24.4 Å². The first kappa shape index (κ1) is 14.2. The molecule has 1 aliphatic rings. The minimum Gasteiger partial charge on any atom is -0.381 e. The van der Waals surface area contributed by atoms with Gasteiger partial charge < -0.3 is 10.2 Å². The highest BCUT2D eigenvalue weighted by atomic mass is 35.5. The van der Waals surface area contributed by atoms with E-state index in [-0.39, 0.29) is 0 Å². The monoisotopic (exact) mass is 301 g/mol. The molecule has 21 heavy (non-hydrogen) atoms. The van der Waals surface area contributed by atoms with Gasteiger partial charge in [0.2, 0.25) is 0 Å². The van der Waals surface area contributed by atoms with Crippen LogP contribution in [0.3, 0.4) is 0 Å². The van der Waals surface area contributed by atoms with Crippen LogP contribution in [0, 0.1) is 6.92 Å². The highest BCUT2D eigenvalue weighted by molar-refractivity contribution is 6.33. The van der Waals surface area contributed by atoms with Gasteiger partial charge in [-0.2, -0.15) is 0 Å². The van der Waals surface area contributed by atoms with Gasteiger partial charge in [0.15, 0.2) is 0 Å². The van der Waals surface area contributed by atoms with E-state index in [4.69, 9.17) is 11.6 Å². The number of aromatic nitrogens is 1. The quantitative estimate of drug-likeness (QED) is 0.924. The Kier molecular flexibility index (Phi) is 4.30. The number of halogens is 1. The summed E-state index contributed by atoms with van der Waals surface area (Å²) in [7, 11) is 0. The molecule has 3 nitrogen and oxygen atoms in total. The van der Waals surface area contributed by atoms with E-state index in [1.165, 1.54) is 5.56 Å². The lowest BCUT2D eigenvalue weighted by atomic mass is 10.0. The zero-order chi connectivity index (χ0) is 14.7. The first-order valence-electron chi connectivity index (χ1n) is 7.41. The smallest absolute Gasteiger partial charge is 0.128 e. The molecular formula is C17H20ClN3. The summed E-state index contributed by atoms with van der Waals surface area (Å²) in [6, 6.07) is 12.7. The number of pyridine rings is 1. The first-order chi connectivity index (χ1) is 10.2. The standard InChI is InChI=1S/C17H20ClN3/c1-13-5-6-16(15(18)12-13)20-14-7-10-21(11-8-14)17-4-2-3-9-19-17/h2-6,9,12,14,20H,7-8,10-11H2,1H3. The van der Waals surface area contributed by atoms with E-state index in [0.29, 0.717) is 6.04 Å². The summed E-state index contributed by atoms with van der Waals surface area (Å²) in [5.41, 5.74) is 2.23. The molecule has 0 saturated carbocycles. The van der Waals surface area contributed by atoms with Gasteiger partial charge in [-0.3, -0.25) is 0 Å². The highest BCUT2D eigenvalue weighted by Gasteiger charge is 2.20. The molecule has 0 spiro atoms. The van der Waals surface area contributed by atoms with E-state index < -0.39 is 0 Å². The molecule has 1 saturated heterocycles. The van der Waals surface area contributed by atoms with Crippen molar-refractivity contribution < 1.29 is 0 Å². The van der Waals surface area contributed by atoms with E-state index in [9.17, 15) is 0 Å². The second-order valence-electron chi connectivity index (χ2n) is 5.58. The van der Waals surface area contributed by atoms with Crippen molar-refractivity contribution in [1.29, 1.82) is 0 Å². The fourth-order valence-corrected chi connectivity index (χ4v) is 3.04. The number of rotatable bonds is 3. The molecule has 0 radical (unpaired) electrons. The van der Waals surface area contributed by atoms with Gasteiger partial charge in [0.1, 0.15) is 5.82 Å². The molecule has 1 aliphatic heterocycles. The topological polar surface area (TPSA) is 28.2 Å². The summed E-state index contributed by atoms with van der Waals surface area (Å²) in [5.74, 6) is 1.07. The third kappa shape index (κ3) is 3.48. The second-order valence-corrected chi connectivity index (χ2v) is 5.98. The highest BCUT2D eigenvalue weighted by Crippen LogP contribution is 2.26. The number of hydrogen-bond donors (Lipinski definition) is 1. The van der Waals surface area contributed by atoms with Gasteiger partial charge in [-0.25, -0.2) is 4.98 Å². The van der Waals surface area contributed by atoms with Gasteiger partial charge in [-0.05, 0) is 49.6 Å². The summed E-state index contributed by atoms with van der Waals surface area (Å²) < 4.78 is 0. The molecule has 0 aliphatic carbocycles. The molecule has 0 amide bonds. The Morgan fingerprint density at radius 1 is 1.19 bits per heavy atom. The van der Waals surface area contributed by atoms with Gasteiger partial charge in [0.05, 0.1) is 10.7 Å². The molecule has 0 bridgehead atoms. The van der Waals surface area contributed by atoms with Crippen LogP contribution in [-0.4, -0.2) is 24.1 Å². The average molecular weight is 302 g/mol. The zero-order valence-corrected chi connectivity index (χ0v) is 13.0. The number of anilines is 2. The van der Waals surface area contributed by atoms with Crippen LogP contribution in [0.15, 0.2) is 42.6 Å². The minimum absolute atomic E-state index is 0.477. The Morgan fingerprint density at radius 2 is 2.00 bits per heavy atom. The van der Waals surface area contributed by atoms with Crippen LogP contribution >= 0.6 is 11.6 Å².